The van der Waals surface area contributed by atoms with Gasteiger partial charge >= 0.3 is 0 Å². The second kappa shape index (κ2) is 6.79. The summed E-state index contributed by atoms with van der Waals surface area (Å²) < 4.78 is 0. The number of carbonyl (C=O) groups excluding carboxylic acids is 2. The van der Waals surface area contributed by atoms with Crippen molar-refractivity contribution in [3.63, 3.8) is 0 Å². The zero-order chi connectivity index (χ0) is 18.3. The maximum atomic E-state index is 12.7. The first-order valence-corrected chi connectivity index (χ1v) is 9.84. The van der Waals surface area contributed by atoms with Gasteiger partial charge in [0.2, 0.25) is 5.91 Å². The van der Waals surface area contributed by atoms with Crippen LogP contribution in [0.5, 0.6) is 0 Å². The van der Waals surface area contributed by atoms with Crippen LogP contribution >= 0.6 is 11.3 Å². The van der Waals surface area contributed by atoms with Crippen molar-refractivity contribution in [2.24, 2.45) is 0 Å². The Morgan fingerprint density at radius 1 is 1.27 bits per heavy atom. The SMILES string of the molecule is CC(=O)N1CC[C@@H](c2ncc3c(n2)CCN(C(=O)c2csc(C)c2)C3)C1. The first kappa shape index (κ1) is 17.1. The van der Waals surface area contributed by atoms with Gasteiger partial charge in [0.25, 0.3) is 5.91 Å². The molecule has 136 valence electrons. The molecule has 6 nitrogen and oxygen atoms in total. The minimum absolute atomic E-state index is 0.0805. The molecule has 0 radical (unpaired) electrons. The van der Waals surface area contributed by atoms with E-state index < -0.39 is 0 Å². The zero-order valence-corrected chi connectivity index (χ0v) is 15.9. The summed E-state index contributed by atoms with van der Waals surface area (Å²) in [5, 5.41) is 1.92. The van der Waals surface area contributed by atoms with Crippen molar-refractivity contribution in [2.75, 3.05) is 19.6 Å². The summed E-state index contributed by atoms with van der Waals surface area (Å²) in [7, 11) is 0. The number of aryl methyl sites for hydroxylation is 1. The van der Waals surface area contributed by atoms with Crippen molar-refractivity contribution >= 4 is 23.2 Å². The highest BCUT2D eigenvalue weighted by Crippen LogP contribution is 2.27. The van der Waals surface area contributed by atoms with Crippen LogP contribution in [0, 0.1) is 6.92 Å². The Kier molecular flexibility index (Phi) is 4.48. The standard InChI is InChI=1S/C19H22N4O2S/c1-12-7-15(11-26-12)19(25)23-6-4-17-16(10-23)8-20-18(21-17)14-3-5-22(9-14)13(2)24/h7-8,11,14H,3-6,9-10H2,1-2H3/t14-/m1/s1. The molecule has 26 heavy (non-hydrogen) atoms. The van der Waals surface area contributed by atoms with Crippen LogP contribution in [0.3, 0.4) is 0 Å². The van der Waals surface area contributed by atoms with Crippen molar-refractivity contribution in [2.45, 2.75) is 39.2 Å². The molecule has 4 heterocycles. The van der Waals surface area contributed by atoms with Crippen LogP contribution in [0.15, 0.2) is 17.6 Å². The van der Waals surface area contributed by atoms with E-state index in [0.717, 1.165) is 46.9 Å². The molecule has 0 unspecified atom stereocenters. The molecule has 1 atom stereocenters. The van der Waals surface area contributed by atoms with E-state index in [0.29, 0.717) is 19.6 Å². The number of hydrogen-bond acceptors (Lipinski definition) is 5. The van der Waals surface area contributed by atoms with Gasteiger partial charge in [0, 0.05) is 67.5 Å². The Hall–Kier alpha value is -2.28. The van der Waals surface area contributed by atoms with Crippen LogP contribution in [-0.4, -0.2) is 51.2 Å². The highest BCUT2D eigenvalue weighted by atomic mass is 32.1. The van der Waals surface area contributed by atoms with Gasteiger partial charge in [-0.2, -0.15) is 0 Å². The minimum Gasteiger partial charge on any atom is -0.342 e. The number of fused-ring (bicyclic) bond motifs is 1. The lowest BCUT2D eigenvalue weighted by atomic mass is 10.0. The van der Waals surface area contributed by atoms with Crippen LogP contribution in [0.2, 0.25) is 0 Å². The molecule has 0 bridgehead atoms. The van der Waals surface area contributed by atoms with E-state index in [1.54, 1.807) is 18.3 Å². The molecule has 7 heteroatoms. The predicted octanol–water partition coefficient (Wildman–Crippen LogP) is 2.38. The zero-order valence-electron chi connectivity index (χ0n) is 15.1. The fraction of sp³-hybridized carbons (Fsp3) is 0.474. The summed E-state index contributed by atoms with van der Waals surface area (Å²) in [4.78, 5) is 38.4. The van der Waals surface area contributed by atoms with Crippen molar-refractivity contribution in [1.29, 1.82) is 0 Å². The van der Waals surface area contributed by atoms with E-state index in [9.17, 15) is 9.59 Å². The van der Waals surface area contributed by atoms with Gasteiger partial charge in [-0.05, 0) is 19.4 Å². The van der Waals surface area contributed by atoms with Gasteiger partial charge in [-0.25, -0.2) is 9.97 Å². The third kappa shape index (κ3) is 3.23. The van der Waals surface area contributed by atoms with Gasteiger partial charge < -0.3 is 9.80 Å². The molecule has 4 rings (SSSR count). The summed E-state index contributed by atoms with van der Waals surface area (Å²) in [6.07, 6.45) is 3.54. The molecule has 1 fully saturated rings. The molecule has 2 aliphatic rings. The highest BCUT2D eigenvalue weighted by molar-refractivity contribution is 7.10. The van der Waals surface area contributed by atoms with Gasteiger partial charge in [0.05, 0.1) is 11.3 Å². The summed E-state index contributed by atoms with van der Waals surface area (Å²) in [5.74, 6) is 1.25. The Labute approximate surface area is 156 Å². The maximum Gasteiger partial charge on any atom is 0.255 e. The first-order valence-electron chi connectivity index (χ1n) is 8.96. The number of nitrogens with zero attached hydrogens (tertiary/aromatic N) is 4. The van der Waals surface area contributed by atoms with Gasteiger partial charge in [-0.3, -0.25) is 9.59 Å². The number of hydrogen-bond donors (Lipinski definition) is 0. The summed E-state index contributed by atoms with van der Waals surface area (Å²) in [6.45, 7) is 6.35. The molecule has 0 aromatic carbocycles. The van der Waals surface area contributed by atoms with E-state index in [4.69, 9.17) is 4.98 Å². The average Bonchev–Trinajstić information content (AvgIpc) is 3.29. The summed E-state index contributed by atoms with van der Waals surface area (Å²) in [6, 6.07) is 1.95. The molecule has 0 aliphatic carbocycles. The molecule has 2 aliphatic heterocycles. The number of likely N-dealkylation sites (tertiary alicyclic amines) is 1. The minimum atomic E-state index is 0.0805. The van der Waals surface area contributed by atoms with Gasteiger partial charge in [-0.15, -0.1) is 11.3 Å². The molecule has 2 amide bonds. The average molecular weight is 370 g/mol. The van der Waals surface area contributed by atoms with Crippen molar-refractivity contribution < 1.29 is 9.59 Å². The monoisotopic (exact) mass is 370 g/mol. The number of rotatable bonds is 2. The van der Waals surface area contributed by atoms with Crippen molar-refractivity contribution in [3.05, 3.63) is 45.2 Å². The van der Waals surface area contributed by atoms with Crippen LogP contribution in [0.4, 0.5) is 0 Å². The molecule has 2 aromatic heterocycles. The van der Waals surface area contributed by atoms with Crippen LogP contribution in [0.25, 0.3) is 0 Å². The summed E-state index contributed by atoms with van der Waals surface area (Å²) >= 11 is 1.60. The van der Waals surface area contributed by atoms with Gasteiger partial charge in [0.1, 0.15) is 5.82 Å². The third-order valence-corrected chi connectivity index (χ3v) is 6.08. The van der Waals surface area contributed by atoms with Crippen LogP contribution in [0.1, 0.15) is 51.6 Å². The van der Waals surface area contributed by atoms with E-state index in [1.165, 1.54) is 0 Å². The smallest absolute Gasteiger partial charge is 0.255 e. The van der Waals surface area contributed by atoms with Gasteiger partial charge in [-0.1, -0.05) is 0 Å². The number of amides is 2. The number of aromatic nitrogens is 2. The first-order chi connectivity index (χ1) is 12.5. The van der Waals surface area contributed by atoms with E-state index in [-0.39, 0.29) is 17.7 Å². The molecule has 0 spiro atoms. The fourth-order valence-corrected chi connectivity index (χ4v) is 4.37. The number of carbonyl (C=O) groups is 2. The lowest BCUT2D eigenvalue weighted by Gasteiger charge is -2.28. The largest absolute Gasteiger partial charge is 0.342 e. The molecular weight excluding hydrogens is 348 g/mol. The molecule has 1 saturated heterocycles. The second-order valence-corrected chi connectivity index (χ2v) is 8.19. The fourth-order valence-electron chi connectivity index (χ4n) is 3.70. The Balaban J connectivity index is 1.48. The van der Waals surface area contributed by atoms with Gasteiger partial charge in [0.15, 0.2) is 0 Å². The van der Waals surface area contributed by atoms with E-state index in [2.05, 4.69) is 4.98 Å². The number of thiophene rings is 1. The summed E-state index contributed by atoms with van der Waals surface area (Å²) in [5.41, 5.74) is 2.84. The Morgan fingerprint density at radius 3 is 2.81 bits per heavy atom. The maximum absolute atomic E-state index is 12.7. The molecule has 2 aromatic rings. The van der Waals surface area contributed by atoms with E-state index in [1.807, 2.05) is 34.4 Å². The molecular formula is C19H22N4O2S. The van der Waals surface area contributed by atoms with Crippen LogP contribution in [-0.2, 0) is 17.8 Å². The third-order valence-electron chi connectivity index (χ3n) is 5.22. The highest BCUT2D eigenvalue weighted by Gasteiger charge is 2.29. The lowest BCUT2D eigenvalue weighted by molar-refractivity contribution is -0.127. The molecule has 0 N–H and O–H groups in total. The van der Waals surface area contributed by atoms with Crippen LogP contribution < -0.4 is 0 Å². The Morgan fingerprint density at radius 2 is 2.12 bits per heavy atom. The predicted molar refractivity (Wildman–Crippen MR) is 99.1 cm³/mol. The molecule has 0 saturated carbocycles. The Bertz CT molecular complexity index is 863. The topological polar surface area (TPSA) is 66.4 Å². The van der Waals surface area contributed by atoms with E-state index >= 15 is 0 Å². The lowest BCUT2D eigenvalue weighted by Crippen LogP contribution is -2.36. The van der Waals surface area contributed by atoms with Crippen molar-refractivity contribution in [1.82, 2.24) is 19.8 Å². The normalized spacial score (nSPS) is 19.5. The second-order valence-electron chi connectivity index (χ2n) is 7.07. The quantitative estimate of drug-likeness (QED) is 0.814. The van der Waals surface area contributed by atoms with Crippen molar-refractivity contribution in [3.8, 4) is 0 Å².